The van der Waals surface area contributed by atoms with Crippen LogP contribution in [0.5, 0.6) is 0 Å². The van der Waals surface area contributed by atoms with Crippen molar-refractivity contribution in [1.29, 1.82) is 0 Å². The predicted octanol–water partition coefficient (Wildman–Crippen LogP) is 2.04. The number of aliphatic hydroxyl groups excluding tert-OH is 2. The molecule has 1 fully saturated rings. The zero-order valence-corrected chi connectivity index (χ0v) is 23.4. The van der Waals surface area contributed by atoms with Gasteiger partial charge >= 0.3 is 23.9 Å². The Kier molecular flexibility index (Phi) is 9.40. The van der Waals surface area contributed by atoms with E-state index in [1.165, 1.54) is 33.8 Å². The van der Waals surface area contributed by atoms with E-state index in [2.05, 4.69) is 0 Å². The minimum Gasteiger partial charge on any atom is -0.461 e. The monoisotopic (exact) mass is 550 g/mol. The Hall–Kier alpha value is -3.02. The van der Waals surface area contributed by atoms with Crippen molar-refractivity contribution >= 4 is 23.9 Å². The number of carbonyl (C=O) groups excluding carboxylic acids is 4. The maximum absolute atomic E-state index is 12.4. The van der Waals surface area contributed by atoms with Crippen LogP contribution in [0.25, 0.3) is 0 Å². The fourth-order valence-electron chi connectivity index (χ4n) is 5.87. The number of fused-ring (bicyclic) bond motifs is 1. The highest BCUT2D eigenvalue weighted by Crippen LogP contribution is 2.55. The van der Waals surface area contributed by atoms with E-state index in [4.69, 9.17) is 23.7 Å². The normalized spacial score (nSPS) is 32.9. The highest BCUT2D eigenvalue weighted by molar-refractivity contribution is 5.70. The van der Waals surface area contributed by atoms with Crippen molar-refractivity contribution in [2.45, 2.75) is 91.8 Å². The average molecular weight is 551 g/mol. The van der Waals surface area contributed by atoms with E-state index in [0.717, 1.165) is 5.57 Å². The third-order valence-electron chi connectivity index (χ3n) is 7.72. The molecule has 0 radical (unpaired) electrons. The summed E-state index contributed by atoms with van der Waals surface area (Å²) in [6, 6.07) is 0. The summed E-state index contributed by atoms with van der Waals surface area (Å²) in [5, 5.41) is 22.7. The van der Waals surface area contributed by atoms with Gasteiger partial charge in [0.2, 0.25) is 0 Å². The van der Waals surface area contributed by atoms with Crippen LogP contribution in [-0.4, -0.2) is 77.8 Å². The first-order chi connectivity index (χ1) is 18.1. The molecule has 11 nitrogen and oxygen atoms in total. The third-order valence-corrected chi connectivity index (χ3v) is 7.72. The van der Waals surface area contributed by atoms with E-state index < -0.39 is 65.7 Å². The minimum atomic E-state index is -1.31. The van der Waals surface area contributed by atoms with Crippen LogP contribution in [0, 0.1) is 11.3 Å². The van der Waals surface area contributed by atoms with Crippen molar-refractivity contribution in [2.24, 2.45) is 11.3 Å². The predicted molar refractivity (Wildman–Crippen MR) is 136 cm³/mol. The van der Waals surface area contributed by atoms with E-state index >= 15 is 0 Å². The first kappa shape index (κ1) is 30.5. The quantitative estimate of drug-likeness (QED) is 0.293. The third kappa shape index (κ3) is 6.59. The van der Waals surface area contributed by atoms with Crippen LogP contribution in [0.1, 0.15) is 61.3 Å². The van der Waals surface area contributed by atoms with Crippen LogP contribution < -0.4 is 0 Å². The molecule has 0 unspecified atom stereocenters. The summed E-state index contributed by atoms with van der Waals surface area (Å²) < 4.78 is 28.2. The van der Waals surface area contributed by atoms with E-state index in [1.54, 1.807) is 6.92 Å². The van der Waals surface area contributed by atoms with Gasteiger partial charge in [0.1, 0.15) is 12.7 Å². The number of ether oxygens (including phenoxy) is 5. The van der Waals surface area contributed by atoms with Crippen LogP contribution in [0.15, 0.2) is 34.1 Å². The van der Waals surface area contributed by atoms with Gasteiger partial charge in [-0.2, -0.15) is 0 Å². The van der Waals surface area contributed by atoms with Crippen LogP contribution in [0.2, 0.25) is 0 Å². The summed E-state index contributed by atoms with van der Waals surface area (Å²) in [4.78, 5) is 48.3. The lowest BCUT2D eigenvalue weighted by Crippen LogP contribution is -2.55. The number of aliphatic hydroxyl groups is 2. The second kappa shape index (κ2) is 12.0. The molecule has 11 heteroatoms. The lowest BCUT2D eigenvalue weighted by Gasteiger charge is -2.54. The Labute approximate surface area is 227 Å². The van der Waals surface area contributed by atoms with Crippen LogP contribution in [0.4, 0.5) is 0 Å². The molecule has 0 aromatic heterocycles. The smallest absolute Gasteiger partial charge is 0.307 e. The Morgan fingerprint density at radius 3 is 2.15 bits per heavy atom. The SMILES string of the molecule is CC(=O)OCC1=C[C@@H](O)[C@H]2C[C@@H]3OC[C@@]2(C)C(=C3C)[C@H](OC(C)=O)C(OC(C)=O)=C(C)[C@H](OC(C)=O)C[C@H]1O. The number of hydrogen-bond acceptors (Lipinski definition) is 11. The van der Waals surface area contributed by atoms with Gasteiger partial charge in [0.15, 0.2) is 11.9 Å². The zero-order chi connectivity index (χ0) is 29.2. The molecule has 0 aromatic carbocycles. The summed E-state index contributed by atoms with van der Waals surface area (Å²) in [5.41, 5.74) is 0.982. The molecule has 1 saturated heterocycles. The van der Waals surface area contributed by atoms with Gasteiger partial charge in [-0.3, -0.25) is 19.2 Å². The van der Waals surface area contributed by atoms with Gasteiger partial charge in [0, 0.05) is 51.0 Å². The van der Waals surface area contributed by atoms with E-state index in [1.807, 2.05) is 13.8 Å². The summed E-state index contributed by atoms with van der Waals surface area (Å²) in [6.07, 6.45) is -3.46. The van der Waals surface area contributed by atoms with Gasteiger partial charge in [0.25, 0.3) is 0 Å². The molecular weight excluding hydrogens is 512 g/mol. The molecule has 4 aliphatic rings. The number of carbonyl (C=O) groups is 4. The molecule has 0 saturated carbocycles. The number of esters is 4. The molecule has 0 spiro atoms. The highest BCUT2D eigenvalue weighted by Gasteiger charge is 2.55. The molecule has 2 aliphatic carbocycles. The molecule has 4 rings (SSSR count). The lowest BCUT2D eigenvalue weighted by molar-refractivity contribution is -0.154. The molecule has 216 valence electrons. The van der Waals surface area contributed by atoms with Crippen molar-refractivity contribution < 1.29 is 53.1 Å². The molecule has 0 amide bonds. The van der Waals surface area contributed by atoms with E-state index in [-0.39, 0.29) is 36.5 Å². The number of rotatable bonds is 5. The van der Waals surface area contributed by atoms with Crippen molar-refractivity contribution in [1.82, 2.24) is 0 Å². The second-order valence-corrected chi connectivity index (χ2v) is 10.6. The van der Waals surface area contributed by atoms with E-state index in [9.17, 15) is 29.4 Å². The molecule has 39 heavy (non-hydrogen) atoms. The fourth-order valence-corrected chi connectivity index (χ4v) is 5.87. The summed E-state index contributed by atoms with van der Waals surface area (Å²) in [5.74, 6) is -3.06. The van der Waals surface area contributed by atoms with Crippen LogP contribution in [0.3, 0.4) is 0 Å². The van der Waals surface area contributed by atoms with Gasteiger partial charge < -0.3 is 33.9 Å². The Morgan fingerprint density at radius 2 is 1.59 bits per heavy atom. The second-order valence-electron chi connectivity index (χ2n) is 10.6. The first-order valence-corrected chi connectivity index (χ1v) is 12.9. The van der Waals surface area contributed by atoms with Crippen LogP contribution in [-0.2, 0) is 42.9 Å². The van der Waals surface area contributed by atoms with E-state index in [0.29, 0.717) is 12.0 Å². The summed E-state index contributed by atoms with van der Waals surface area (Å²) in [7, 11) is 0. The first-order valence-electron chi connectivity index (χ1n) is 12.9. The molecule has 4 bridgehead atoms. The topological polar surface area (TPSA) is 155 Å². The van der Waals surface area contributed by atoms with Gasteiger partial charge in [-0.15, -0.1) is 0 Å². The van der Waals surface area contributed by atoms with Gasteiger partial charge in [-0.25, -0.2) is 0 Å². The van der Waals surface area contributed by atoms with Gasteiger partial charge in [-0.05, 0) is 37.0 Å². The molecule has 2 N–H and O–H groups in total. The van der Waals surface area contributed by atoms with Crippen LogP contribution >= 0.6 is 0 Å². The fraction of sp³-hybridized carbons (Fsp3) is 0.643. The average Bonchev–Trinajstić information content (AvgIpc) is 2.81. The molecule has 0 aromatic rings. The van der Waals surface area contributed by atoms with Crippen molar-refractivity contribution in [3.05, 3.63) is 34.1 Å². The Morgan fingerprint density at radius 1 is 0.949 bits per heavy atom. The zero-order valence-electron chi connectivity index (χ0n) is 23.4. The standard InChI is InChI=1S/C28H38O11/c1-13-23-9-20-22(34)8-19(11-35-15(3)29)21(33)10-24(37-16(4)30)14(2)26(38-17(5)31)27(39-18(6)32)25(13)28(20,7)12-36-23/h8,20-24,27,33-34H,9-12H2,1-7H3/t20-,21-,22-,23+,24-,27+,28-/m1/s1. The molecular formula is C28H38O11. The molecule has 2 heterocycles. The van der Waals surface area contributed by atoms with Crippen molar-refractivity contribution in [3.8, 4) is 0 Å². The minimum absolute atomic E-state index is 0.0430. The highest BCUT2D eigenvalue weighted by atomic mass is 16.6. The maximum Gasteiger partial charge on any atom is 0.307 e. The van der Waals surface area contributed by atoms with Gasteiger partial charge in [0.05, 0.1) is 24.9 Å². The number of hydrogen-bond donors (Lipinski definition) is 2. The lowest BCUT2D eigenvalue weighted by atomic mass is 9.58. The molecule has 2 aliphatic heterocycles. The summed E-state index contributed by atoms with van der Waals surface area (Å²) >= 11 is 0. The van der Waals surface area contributed by atoms with Gasteiger partial charge in [-0.1, -0.05) is 13.0 Å². The molecule has 7 atom stereocenters. The summed E-state index contributed by atoms with van der Waals surface area (Å²) in [6.45, 7) is 10.0. The Bertz CT molecular complexity index is 1120. The van der Waals surface area contributed by atoms with Crippen molar-refractivity contribution in [3.63, 3.8) is 0 Å². The largest absolute Gasteiger partial charge is 0.461 e. The van der Waals surface area contributed by atoms with Crippen molar-refractivity contribution in [2.75, 3.05) is 13.2 Å². The Balaban J connectivity index is 2.34. The maximum atomic E-state index is 12.4.